The second-order valence-electron chi connectivity index (χ2n) is 8.15. The summed E-state index contributed by atoms with van der Waals surface area (Å²) in [6.45, 7) is 7.83. The summed E-state index contributed by atoms with van der Waals surface area (Å²) in [4.78, 5) is 21.5. The van der Waals surface area contributed by atoms with E-state index in [4.69, 9.17) is 36.3 Å². The lowest BCUT2D eigenvalue weighted by atomic mass is 10.0. The quantitative estimate of drug-likeness (QED) is 0.468. The molecule has 1 aliphatic heterocycles. The van der Waals surface area contributed by atoms with E-state index in [-0.39, 0.29) is 6.10 Å². The number of nitrogens with zero attached hydrogens (tertiary/aromatic N) is 7. The number of morpholine rings is 1. The summed E-state index contributed by atoms with van der Waals surface area (Å²) < 4.78 is 7.79. The molecule has 0 aliphatic carbocycles. The minimum Gasteiger partial charge on any atom is -0.370 e. The number of anilines is 1. The van der Waals surface area contributed by atoms with Crippen LogP contribution >= 0.6 is 11.6 Å². The van der Waals surface area contributed by atoms with Crippen molar-refractivity contribution in [1.82, 2.24) is 29.7 Å². The summed E-state index contributed by atoms with van der Waals surface area (Å²) in [5, 5.41) is 4.97. The topological polar surface area (TPSA) is 81.9 Å². The van der Waals surface area contributed by atoms with Crippen LogP contribution in [0.3, 0.4) is 0 Å². The average molecular weight is 450 g/mol. The number of fused-ring (bicyclic) bond motifs is 1. The molecule has 1 saturated heterocycles. The maximum Gasteiger partial charge on any atom is 0.228 e. The number of benzene rings is 1. The SMILES string of the molecule is Cc1cc(Cl)ccc1-c1nc(N2CCO[C@H](c3cnn(C)c3)C2)nc2nc(C)c(C)nc12. The Labute approximate surface area is 191 Å². The van der Waals surface area contributed by atoms with E-state index in [0.717, 1.165) is 33.8 Å². The van der Waals surface area contributed by atoms with Crippen molar-refractivity contribution < 1.29 is 4.74 Å². The van der Waals surface area contributed by atoms with Crippen LogP contribution in [0.25, 0.3) is 22.4 Å². The summed E-state index contributed by atoms with van der Waals surface area (Å²) in [5.41, 5.74) is 6.81. The molecule has 1 aromatic carbocycles. The number of halogens is 1. The molecule has 32 heavy (non-hydrogen) atoms. The summed E-state index contributed by atoms with van der Waals surface area (Å²) in [5.74, 6) is 0.622. The molecule has 5 rings (SSSR count). The number of aryl methyl sites for hydroxylation is 4. The molecule has 164 valence electrons. The van der Waals surface area contributed by atoms with Crippen molar-refractivity contribution >= 4 is 28.7 Å². The number of hydrogen-bond donors (Lipinski definition) is 0. The van der Waals surface area contributed by atoms with Crippen molar-refractivity contribution in [1.29, 1.82) is 0 Å². The lowest BCUT2D eigenvalue weighted by Gasteiger charge is -2.32. The fraction of sp³-hybridized carbons (Fsp3) is 0.348. The molecule has 9 heteroatoms. The van der Waals surface area contributed by atoms with Gasteiger partial charge in [-0.15, -0.1) is 0 Å². The molecule has 1 fully saturated rings. The van der Waals surface area contributed by atoms with Gasteiger partial charge in [0.1, 0.15) is 17.3 Å². The fourth-order valence-electron chi connectivity index (χ4n) is 3.96. The fourth-order valence-corrected chi connectivity index (χ4v) is 4.19. The van der Waals surface area contributed by atoms with Gasteiger partial charge in [-0.1, -0.05) is 17.7 Å². The maximum atomic E-state index is 6.21. The maximum absolute atomic E-state index is 6.21. The largest absolute Gasteiger partial charge is 0.370 e. The van der Waals surface area contributed by atoms with Gasteiger partial charge in [-0.25, -0.2) is 15.0 Å². The standard InChI is InChI=1S/C23H24ClN7O/c1-13-9-17(24)5-6-18(13)20-21-22(27-15(3)14(2)26-21)29-23(28-20)31-7-8-32-19(12-31)16-10-25-30(4)11-16/h5-6,9-11,19H,7-8,12H2,1-4H3/t19-/m0/s1. The third-order valence-electron chi connectivity index (χ3n) is 5.82. The predicted octanol–water partition coefficient (Wildman–Crippen LogP) is 3.98. The molecule has 3 aromatic heterocycles. The Hall–Kier alpha value is -3.10. The Kier molecular flexibility index (Phi) is 5.27. The van der Waals surface area contributed by atoms with Crippen LogP contribution in [0.1, 0.15) is 28.6 Å². The smallest absolute Gasteiger partial charge is 0.228 e. The van der Waals surface area contributed by atoms with E-state index in [2.05, 4.69) is 10.00 Å². The lowest BCUT2D eigenvalue weighted by molar-refractivity contribution is 0.0392. The first-order valence-electron chi connectivity index (χ1n) is 10.5. The van der Waals surface area contributed by atoms with Crippen LogP contribution in [0.15, 0.2) is 30.6 Å². The monoisotopic (exact) mass is 449 g/mol. The number of rotatable bonds is 3. The van der Waals surface area contributed by atoms with Crippen LogP contribution < -0.4 is 4.90 Å². The molecule has 0 unspecified atom stereocenters. The zero-order chi connectivity index (χ0) is 22.4. The summed E-state index contributed by atoms with van der Waals surface area (Å²) in [6, 6.07) is 5.79. The molecule has 0 saturated carbocycles. The van der Waals surface area contributed by atoms with Crippen LogP contribution in [0.2, 0.25) is 5.02 Å². The first-order chi connectivity index (χ1) is 15.4. The van der Waals surface area contributed by atoms with Crippen molar-refractivity contribution in [3.05, 3.63) is 58.1 Å². The van der Waals surface area contributed by atoms with Crippen LogP contribution in [0.5, 0.6) is 0 Å². The van der Waals surface area contributed by atoms with Crippen LogP contribution in [-0.4, -0.2) is 49.4 Å². The normalized spacial score (nSPS) is 16.7. The Morgan fingerprint density at radius 3 is 2.62 bits per heavy atom. The Morgan fingerprint density at radius 1 is 1.06 bits per heavy atom. The lowest BCUT2D eigenvalue weighted by Crippen LogP contribution is -2.39. The highest BCUT2D eigenvalue weighted by Gasteiger charge is 2.26. The Balaban J connectivity index is 1.62. The van der Waals surface area contributed by atoms with E-state index in [0.29, 0.717) is 41.8 Å². The zero-order valence-electron chi connectivity index (χ0n) is 18.5. The Bertz CT molecular complexity index is 1320. The molecule has 4 heterocycles. The van der Waals surface area contributed by atoms with Gasteiger partial charge in [-0.2, -0.15) is 10.1 Å². The van der Waals surface area contributed by atoms with Gasteiger partial charge in [-0.05, 0) is 38.5 Å². The van der Waals surface area contributed by atoms with E-state index >= 15 is 0 Å². The highest BCUT2D eigenvalue weighted by atomic mass is 35.5. The predicted molar refractivity (Wildman–Crippen MR) is 124 cm³/mol. The molecule has 0 amide bonds. The highest BCUT2D eigenvalue weighted by Crippen LogP contribution is 2.32. The minimum absolute atomic E-state index is 0.0942. The van der Waals surface area contributed by atoms with E-state index in [1.165, 1.54) is 0 Å². The first kappa shape index (κ1) is 20.8. The molecule has 8 nitrogen and oxygen atoms in total. The third-order valence-corrected chi connectivity index (χ3v) is 6.06. The summed E-state index contributed by atoms with van der Waals surface area (Å²) in [7, 11) is 1.90. The van der Waals surface area contributed by atoms with Gasteiger partial charge in [0.15, 0.2) is 5.65 Å². The van der Waals surface area contributed by atoms with E-state index in [1.807, 2.05) is 58.4 Å². The highest BCUT2D eigenvalue weighted by molar-refractivity contribution is 6.30. The number of ether oxygens (including phenoxy) is 1. The molecule has 4 aromatic rings. The second-order valence-corrected chi connectivity index (χ2v) is 8.59. The van der Waals surface area contributed by atoms with Gasteiger partial charge in [0.05, 0.1) is 30.7 Å². The molecular formula is C23H24ClN7O. The van der Waals surface area contributed by atoms with Crippen molar-refractivity contribution in [2.24, 2.45) is 7.05 Å². The number of aromatic nitrogens is 6. The minimum atomic E-state index is -0.0942. The molecule has 0 radical (unpaired) electrons. The van der Waals surface area contributed by atoms with Crippen molar-refractivity contribution in [3.63, 3.8) is 0 Å². The van der Waals surface area contributed by atoms with Gasteiger partial charge in [-0.3, -0.25) is 4.68 Å². The zero-order valence-corrected chi connectivity index (χ0v) is 19.3. The molecule has 1 aliphatic rings. The first-order valence-corrected chi connectivity index (χ1v) is 10.9. The molecule has 1 atom stereocenters. The molecule has 0 N–H and O–H groups in total. The van der Waals surface area contributed by atoms with Crippen LogP contribution in [-0.2, 0) is 11.8 Å². The van der Waals surface area contributed by atoms with Gasteiger partial charge in [0.2, 0.25) is 5.95 Å². The average Bonchev–Trinajstić information content (AvgIpc) is 3.21. The third kappa shape index (κ3) is 3.80. The van der Waals surface area contributed by atoms with E-state index in [1.54, 1.807) is 4.68 Å². The van der Waals surface area contributed by atoms with Gasteiger partial charge >= 0.3 is 0 Å². The van der Waals surface area contributed by atoms with E-state index < -0.39 is 0 Å². The van der Waals surface area contributed by atoms with Crippen LogP contribution in [0, 0.1) is 20.8 Å². The molecule has 0 spiro atoms. The summed E-state index contributed by atoms with van der Waals surface area (Å²) in [6.07, 6.45) is 3.73. The Morgan fingerprint density at radius 2 is 1.88 bits per heavy atom. The van der Waals surface area contributed by atoms with E-state index in [9.17, 15) is 0 Å². The van der Waals surface area contributed by atoms with Crippen molar-refractivity contribution in [2.45, 2.75) is 26.9 Å². The summed E-state index contributed by atoms with van der Waals surface area (Å²) >= 11 is 6.21. The van der Waals surface area contributed by atoms with Crippen molar-refractivity contribution in [2.75, 3.05) is 24.6 Å². The van der Waals surface area contributed by atoms with Gasteiger partial charge < -0.3 is 9.64 Å². The molecule has 0 bridgehead atoms. The second kappa shape index (κ2) is 8.11. The van der Waals surface area contributed by atoms with Crippen molar-refractivity contribution in [3.8, 4) is 11.3 Å². The van der Waals surface area contributed by atoms with Gasteiger partial charge in [0, 0.05) is 35.9 Å². The van der Waals surface area contributed by atoms with Gasteiger partial charge in [0.25, 0.3) is 0 Å². The number of hydrogen-bond acceptors (Lipinski definition) is 7. The van der Waals surface area contributed by atoms with Crippen LogP contribution in [0.4, 0.5) is 5.95 Å². The molecular weight excluding hydrogens is 426 g/mol.